The van der Waals surface area contributed by atoms with Crippen molar-refractivity contribution in [2.75, 3.05) is 5.32 Å². The number of fused-ring (bicyclic) bond motifs is 1. The zero-order valence-corrected chi connectivity index (χ0v) is 6.98. The maximum absolute atomic E-state index is 9.19. The maximum Gasteiger partial charge on any atom is 0.178 e. The third kappa shape index (κ3) is 1.21. The van der Waals surface area contributed by atoms with Gasteiger partial charge in [0, 0.05) is 4.90 Å². The number of anilines is 1. The summed E-state index contributed by atoms with van der Waals surface area (Å²) >= 11 is 1.45. The minimum absolute atomic E-state index is 0.466. The van der Waals surface area contributed by atoms with E-state index in [0.29, 0.717) is 0 Å². The molecular formula is C8H9NOS. The van der Waals surface area contributed by atoms with Crippen molar-refractivity contribution in [1.29, 1.82) is 0 Å². The summed E-state index contributed by atoms with van der Waals surface area (Å²) in [6, 6.07) is 6.10. The molecule has 2 N–H and O–H groups in total. The van der Waals surface area contributed by atoms with Crippen LogP contribution in [0.15, 0.2) is 23.1 Å². The third-order valence-corrected chi connectivity index (χ3v) is 2.59. The lowest BCUT2D eigenvalue weighted by Crippen LogP contribution is -2.06. The van der Waals surface area contributed by atoms with Gasteiger partial charge in [0.1, 0.15) is 0 Å². The van der Waals surface area contributed by atoms with Crippen LogP contribution in [0.2, 0.25) is 0 Å². The number of hydrogen-bond donors (Lipinski definition) is 2. The molecule has 0 spiro atoms. The zero-order valence-electron chi connectivity index (χ0n) is 6.16. The molecule has 11 heavy (non-hydrogen) atoms. The third-order valence-electron chi connectivity index (χ3n) is 1.65. The van der Waals surface area contributed by atoms with Crippen LogP contribution in [0.3, 0.4) is 0 Å². The molecule has 0 radical (unpaired) electrons. The fraction of sp³-hybridized carbons (Fsp3) is 0.250. The first-order chi connectivity index (χ1) is 5.25. The van der Waals surface area contributed by atoms with Gasteiger partial charge in [-0.15, -0.1) is 0 Å². The Morgan fingerprint density at radius 2 is 2.36 bits per heavy atom. The lowest BCUT2D eigenvalue weighted by Gasteiger charge is -1.98. The summed E-state index contributed by atoms with van der Waals surface area (Å²) in [5, 5.41) is 12.1. The molecule has 58 valence electrons. The molecule has 0 aliphatic carbocycles. The Morgan fingerprint density at radius 3 is 3.18 bits per heavy atom. The zero-order chi connectivity index (χ0) is 7.84. The smallest absolute Gasteiger partial charge is 0.178 e. The Hall–Kier alpha value is -0.670. The molecule has 2 rings (SSSR count). The molecule has 0 aromatic heterocycles. The highest BCUT2D eigenvalue weighted by atomic mass is 32.2. The first kappa shape index (κ1) is 7.00. The van der Waals surface area contributed by atoms with Gasteiger partial charge in [-0.1, -0.05) is 17.8 Å². The highest BCUT2D eigenvalue weighted by Crippen LogP contribution is 2.37. The van der Waals surface area contributed by atoms with Crippen LogP contribution in [0.5, 0.6) is 0 Å². The predicted molar refractivity (Wildman–Crippen MR) is 46.7 cm³/mol. The second-order valence-corrected chi connectivity index (χ2v) is 3.74. The average molecular weight is 167 g/mol. The van der Waals surface area contributed by atoms with Gasteiger partial charge in [-0.25, -0.2) is 0 Å². The van der Waals surface area contributed by atoms with E-state index in [0.717, 1.165) is 10.6 Å². The van der Waals surface area contributed by atoms with Crippen molar-refractivity contribution in [1.82, 2.24) is 0 Å². The van der Waals surface area contributed by atoms with Crippen molar-refractivity contribution in [3.05, 3.63) is 23.8 Å². The summed E-state index contributed by atoms with van der Waals surface area (Å²) in [5.74, 6) is 0. The lowest BCUT2D eigenvalue weighted by molar-refractivity contribution is 0.294. The van der Waals surface area contributed by atoms with Crippen molar-refractivity contribution in [3.63, 3.8) is 0 Å². The molecular weight excluding hydrogens is 158 g/mol. The van der Waals surface area contributed by atoms with Gasteiger partial charge in [-0.2, -0.15) is 0 Å². The van der Waals surface area contributed by atoms with Crippen molar-refractivity contribution in [3.8, 4) is 0 Å². The van der Waals surface area contributed by atoms with Crippen molar-refractivity contribution >= 4 is 17.4 Å². The molecule has 1 aliphatic heterocycles. The van der Waals surface area contributed by atoms with Crippen LogP contribution in [0, 0.1) is 6.92 Å². The summed E-state index contributed by atoms with van der Waals surface area (Å²) in [7, 11) is 0. The lowest BCUT2D eigenvalue weighted by atomic mass is 10.2. The van der Waals surface area contributed by atoms with Gasteiger partial charge in [0.25, 0.3) is 0 Å². The normalized spacial score (nSPS) is 21.1. The Kier molecular flexibility index (Phi) is 1.55. The number of rotatable bonds is 0. The van der Waals surface area contributed by atoms with E-state index < -0.39 is 5.56 Å². The molecule has 0 fully saturated rings. The average Bonchev–Trinajstić information content (AvgIpc) is 2.27. The number of nitrogens with one attached hydrogen (secondary N) is 1. The molecule has 1 aliphatic rings. The predicted octanol–water partition coefficient (Wildman–Crippen LogP) is 1.79. The fourth-order valence-corrected chi connectivity index (χ4v) is 2.06. The Bertz CT molecular complexity index is 287. The van der Waals surface area contributed by atoms with E-state index in [-0.39, 0.29) is 0 Å². The topological polar surface area (TPSA) is 32.3 Å². The Morgan fingerprint density at radius 1 is 1.55 bits per heavy atom. The van der Waals surface area contributed by atoms with Crippen LogP contribution in [0.25, 0.3) is 0 Å². The molecule has 1 aromatic rings. The molecule has 0 amide bonds. The molecule has 3 heteroatoms. The van der Waals surface area contributed by atoms with Gasteiger partial charge in [0.15, 0.2) is 5.56 Å². The van der Waals surface area contributed by atoms with Crippen molar-refractivity contribution in [2.45, 2.75) is 17.4 Å². The molecule has 1 atom stereocenters. The Balaban J connectivity index is 2.43. The van der Waals surface area contributed by atoms with Gasteiger partial charge in [0.2, 0.25) is 0 Å². The van der Waals surface area contributed by atoms with E-state index in [1.165, 1.54) is 17.3 Å². The minimum atomic E-state index is -0.466. The van der Waals surface area contributed by atoms with Crippen LogP contribution < -0.4 is 5.32 Å². The highest BCUT2D eigenvalue weighted by molar-refractivity contribution is 8.00. The standard InChI is InChI=1S/C8H9NOS/c1-5-2-3-6-7(4-5)11-8(10)9-6/h2-4,8-10H,1H3. The highest BCUT2D eigenvalue weighted by Gasteiger charge is 2.17. The number of thioether (sulfide) groups is 1. The minimum Gasteiger partial charge on any atom is -0.364 e. The van der Waals surface area contributed by atoms with Gasteiger partial charge in [0.05, 0.1) is 5.69 Å². The summed E-state index contributed by atoms with van der Waals surface area (Å²) in [6.45, 7) is 2.05. The first-order valence-corrected chi connectivity index (χ1v) is 4.35. The molecule has 0 bridgehead atoms. The second kappa shape index (κ2) is 2.43. The number of aliphatic hydroxyl groups is 1. The van der Waals surface area contributed by atoms with Crippen molar-refractivity contribution in [2.24, 2.45) is 0 Å². The molecule has 1 unspecified atom stereocenters. The van der Waals surface area contributed by atoms with E-state index in [9.17, 15) is 5.11 Å². The number of aryl methyl sites for hydroxylation is 1. The quantitative estimate of drug-likeness (QED) is 0.618. The monoisotopic (exact) mass is 167 g/mol. The van der Waals surface area contributed by atoms with Crippen LogP contribution in [-0.2, 0) is 0 Å². The number of benzene rings is 1. The van der Waals surface area contributed by atoms with Gasteiger partial charge in [-0.05, 0) is 24.6 Å². The molecule has 0 saturated heterocycles. The molecule has 2 nitrogen and oxygen atoms in total. The van der Waals surface area contributed by atoms with Gasteiger partial charge in [-0.3, -0.25) is 0 Å². The number of aliphatic hydroxyl groups excluding tert-OH is 1. The first-order valence-electron chi connectivity index (χ1n) is 3.47. The van der Waals surface area contributed by atoms with E-state index in [4.69, 9.17) is 0 Å². The molecule has 0 saturated carbocycles. The number of hydrogen-bond acceptors (Lipinski definition) is 3. The summed E-state index contributed by atoms with van der Waals surface area (Å²) in [4.78, 5) is 1.14. The SMILES string of the molecule is Cc1ccc2c(c1)SC(O)N2. The van der Waals surface area contributed by atoms with E-state index in [1.807, 2.05) is 19.1 Å². The van der Waals surface area contributed by atoms with E-state index in [1.54, 1.807) is 0 Å². The van der Waals surface area contributed by atoms with Crippen LogP contribution in [0.4, 0.5) is 5.69 Å². The van der Waals surface area contributed by atoms with Gasteiger partial charge < -0.3 is 10.4 Å². The van der Waals surface area contributed by atoms with E-state index >= 15 is 0 Å². The summed E-state index contributed by atoms with van der Waals surface area (Å²) < 4.78 is 0. The summed E-state index contributed by atoms with van der Waals surface area (Å²) in [6.07, 6.45) is 0. The summed E-state index contributed by atoms with van der Waals surface area (Å²) in [5.41, 5.74) is 1.80. The molecule has 1 aromatic carbocycles. The van der Waals surface area contributed by atoms with Crippen molar-refractivity contribution < 1.29 is 5.11 Å². The largest absolute Gasteiger partial charge is 0.364 e. The fourth-order valence-electron chi connectivity index (χ4n) is 1.13. The molecule has 1 heterocycles. The maximum atomic E-state index is 9.19. The second-order valence-electron chi connectivity index (χ2n) is 2.61. The van der Waals surface area contributed by atoms with Crippen LogP contribution in [-0.4, -0.2) is 10.7 Å². The Labute approximate surface area is 69.6 Å². The van der Waals surface area contributed by atoms with Gasteiger partial charge >= 0.3 is 0 Å². The van der Waals surface area contributed by atoms with Crippen LogP contribution in [0.1, 0.15) is 5.56 Å². The van der Waals surface area contributed by atoms with Crippen LogP contribution >= 0.6 is 11.8 Å². The van der Waals surface area contributed by atoms with E-state index in [2.05, 4.69) is 11.4 Å².